The summed E-state index contributed by atoms with van der Waals surface area (Å²) in [6.45, 7) is 0. The molecule has 0 aliphatic rings. The lowest BCUT2D eigenvalue weighted by atomic mass is 10.1. The molecule has 0 bridgehead atoms. The number of carbonyl (C=O) groups excluding carboxylic acids is 1. The summed E-state index contributed by atoms with van der Waals surface area (Å²) in [4.78, 5) is 20.7. The molecule has 0 aliphatic heterocycles. The molecule has 14 heavy (non-hydrogen) atoms. The van der Waals surface area contributed by atoms with Crippen LogP contribution < -0.4 is 0 Å². The van der Waals surface area contributed by atoms with Gasteiger partial charge in [0.05, 0.1) is 18.5 Å². The van der Waals surface area contributed by atoms with Gasteiger partial charge in [0.1, 0.15) is 0 Å². The van der Waals surface area contributed by atoms with Gasteiger partial charge in [0, 0.05) is 12.1 Å². The molecular formula is C9H8NO4. The summed E-state index contributed by atoms with van der Waals surface area (Å²) < 4.78 is 4.39. The summed E-state index contributed by atoms with van der Waals surface area (Å²) in [6, 6.07) is 5.75. The molecule has 1 rings (SSSR count). The van der Waals surface area contributed by atoms with Crippen LogP contribution in [-0.4, -0.2) is 18.0 Å². The Morgan fingerprint density at radius 1 is 1.57 bits per heavy atom. The first-order valence-electron chi connectivity index (χ1n) is 3.80. The van der Waals surface area contributed by atoms with Crippen molar-refractivity contribution < 1.29 is 14.5 Å². The fraction of sp³-hybridized carbons (Fsp3) is 0.111. The molecule has 0 fully saturated rings. The van der Waals surface area contributed by atoms with Crippen LogP contribution in [0.25, 0.3) is 0 Å². The van der Waals surface area contributed by atoms with Crippen molar-refractivity contribution in [3.8, 4) is 0 Å². The number of esters is 1. The van der Waals surface area contributed by atoms with Crippen molar-refractivity contribution in [3.05, 3.63) is 46.4 Å². The van der Waals surface area contributed by atoms with Gasteiger partial charge in [-0.3, -0.25) is 14.9 Å². The molecule has 1 aromatic rings. The van der Waals surface area contributed by atoms with Crippen LogP contribution in [0.2, 0.25) is 0 Å². The number of nitro benzene ring substituents is 1. The van der Waals surface area contributed by atoms with Gasteiger partial charge in [0.2, 0.25) is 0 Å². The molecule has 5 nitrogen and oxygen atoms in total. The summed E-state index contributed by atoms with van der Waals surface area (Å²) in [5, 5.41) is 10.4. The second-order valence-electron chi connectivity index (χ2n) is 2.52. The third-order valence-electron chi connectivity index (χ3n) is 1.57. The molecule has 0 aliphatic carbocycles. The molecule has 0 amide bonds. The Labute approximate surface area is 80.5 Å². The van der Waals surface area contributed by atoms with E-state index in [2.05, 4.69) is 4.74 Å². The van der Waals surface area contributed by atoms with Crippen LogP contribution >= 0.6 is 0 Å². The Morgan fingerprint density at radius 2 is 2.29 bits per heavy atom. The van der Waals surface area contributed by atoms with Crippen molar-refractivity contribution in [1.29, 1.82) is 0 Å². The lowest BCUT2D eigenvalue weighted by molar-refractivity contribution is -0.384. The smallest absolute Gasteiger partial charge is 0.314 e. The van der Waals surface area contributed by atoms with Gasteiger partial charge in [0.15, 0.2) is 0 Å². The molecule has 0 unspecified atom stereocenters. The van der Waals surface area contributed by atoms with Gasteiger partial charge in [-0.25, -0.2) is 0 Å². The first-order chi connectivity index (χ1) is 6.63. The monoisotopic (exact) mass is 194 g/mol. The number of hydrogen-bond donors (Lipinski definition) is 0. The molecule has 0 aromatic heterocycles. The number of nitrogens with zero attached hydrogens (tertiary/aromatic N) is 1. The molecule has 73 valence electrons. The predicted octanol–water partition coefficient (Wildman–Crippen LogP) is 1.32. The first-order valence-corrected chi connectivity index (χ1v) is 3.80. The maximum absolute atomic E-state index is 10.8. The maximum Gasteiger partial charge on any atom is 0.314 e. The number of carbonyl (C=O) groups is 1. The van der Waals surface area contributed by atoms with Gasteiger partial charge in [-0.2, -0.15) is 0 Å². The SMILES string of the molecule is COC(=O)[CH]c1cccc([N+](=O)[O-])c1. The first kappa shape index (κ1) is 10.2. The van der Waals surface area contributed by atoms with Gasteiger partial charge in [-0.05, 0) is 5.56 Å². The minimum atomic E-state index is -0.537. The molecule has 0 saturated carbocycles. The van der Waals surface area contributed by atoms with E-state index in [0.717, 1.165) is 0 Å². The quantitative estimate of drug-likeness (QED) is 0.413. The minimum Gasteiger partial charge on any atom is -0.469 e. The second-order valence-corrected chi connectivity index (χ2v) is 2.52. The van der Waals surface area contributed by atoms with Gasteiger partial charge in [-0.15, -0.1) is 0 Å². The predicted molar refractivity (Wildman–Crippen MR) is 48.5 cm³/mol. The normalized spacial score (nSPS) is 9.50. The van der Waals surface area contributed by atoms with Crippen molar-refractivity contribution in [2.24, 2.45) is 0 Å². The molecule has 0 N–H and O–H groups in total. The number of non-ortho nitro benzene ring substituents is 1. The van der Waals surface area contributed by atoms with Crippen LogP contribution in [0.4, 0.5) is 5.69 Å². The number of ether oxygens (including phenoxy) is 1. The standard InChI is InChI=1S/C9H8NO4/c1-14-9(11)6-7-3-2-4-8(5-7)10(12)13/h2-6H,1H3. The maximum atomic E-state index is 10.8. The van der Waals surface area contributed by atoms with Crippen molar-refractivity contribution >= 4 is 11.7 Å². The Balaban J connectivity index is 2.83. The highest BCUT2D eigenvalue weighted by molar-refractivity contribution is 5.83. The molecular weight excluding hydrogens is 186 g/mol. The Bertz CT molecular complexity index is 362. The van der Waals surface area contributed by atoms with Crippen molar-refractivity contribution in [1.82, 2.24) is 0 Å². The topological polar surface area (TPSA) is 69.4 Å². The van der Waals surface area contributed by atoms with E-state index < -0.39 is 10.9 Å². The molecule has 5 heteroatoms. The fourth-order valence-electron chi connectivity index (χ4n) is 0.923. The summed E-state index contributed by atoms with van der Waals surface area (Å²) in [5.41, 5.74) is 0.397. The Hall–Kier alpha value is -1.91. The van der Waals surface area contributed by atoms with Crippen LogP contribution in [0.3, 0.4) is 0 Å². The summed E-state index contributed by atoms with van der Waals surface area (Å²) in [6.07, 6.45) is 1.19. The van der Waals surface area contributed by atoms with Crippen LogP contribution in [0.1, 0.15) is 5.56 Å². The third-order valence-corrected chi connectivity index (χ3v) is 1.57. The van der Waals surface area contributed by atoms with E-state index in [-0.39, 0.29) is 5.69 Å². The second kappa shape index (κ2) is 4.36. The van der Waals surface area contributed by atoms with E-state index in [4.69, 9.17) is 0 Å². The van der Waals surface area contributed by atoms with Gasteiger partial charge in [-0.1, -0.05) is 12.1 Å². The summed E-state index contributed by atoms with van der Waals surface area (Å²) >= 11 is 0. The van der Waals surface area contributed by atoms with E-state index in [1.165, 1.54) is 31.7 Å². The van der Waals surface area contributed by atoms with Crippen LogP contribution in [0.15, 0.2) is 24.3 Å². The Kier molecular flexibility index (Phi) is 3.17. The number of benzene rings is 1. The number of hydrogen-bond acceptors (Lipinski definition) is 4. The highest BCUT2D eigenvalue weighted by Gasteiger charge is 2.08. The van der Waals surface area contributed by atoms with Crippen LogP contribution in [-0.2, 0) is 9.53 Å². The van der Waals surface area contributed by atoms with Gasteiger partial charge < -0.3 is 4.74 Å². The lowest BCUT2D eigenvalue weighted by Gasteiger charge is -1.98. The van der Waals surface area contributed by atoms with Crippen molar-refractivity contribution in [2.75, 3.05) is 7.11 Å². The molecule has 0 saturated heterocycles. The number of methoxy groups -OCH3 is 1. The zero-order chi connectivity index (χ0) is 10.6. The minimum absolute atomic E-state index is 0.0531. The van der Waals surface area contributed by atoms with E-state index >= 15 is 0 Å². The largest absolute Gasteiger partial charge is 0.469 e. The van der Waals surface area contributed by atoms with Gasteiger partial charge >= 0.3 is 5.97 Å². The summed E-state index contributed by atoms with van der Waals surface area (Å²) in [5.74, 6) is -0.537. The van der Waals surface area contributed by atoms with Crippen molar-refractivity contribution in [3.63, 3.8) is 0 Å². The number of nitro groups is 1. The Morgan fingerprint density at radius 3 is 2.86 bits per heavy atom. The van der Waals surface area contributed by atoms with Crippen molar-refractivity contribution in [2.45, 2.75) is 0 Å². The third kappa shape index (κ3) is 2.55. The highest BCUT2D eigenvalue weighted by Crippen LogP contribution is 2.14. The van der Waals surface area contributed by atoms with E-state index in [1.54, 1.807) is 6.07 Å². The lowest BCUT2D eigenvalue weighted by Crippen LogP contribution is -2.02. The average molecular weight is 194 g/mol. The fourth-order valence-corrected chi connectivity index (χ4v) is 0.923. The summed E-state index contributed by atoms with van der Waals surface area (Å²) in [7, 11) is 1.25. The van der Waals surface area contributed by atoms with E-state index in [1.807, 2.05) is 0 Å². The molecule has 1 radical (unpaired) electrons. The average Bonchev–Trinajstić information content (AvgIpc) is 2.18. The molecule has 0 atom stereocenters. The zero-order valence-corrected chi connectivity index (χ0v) is 7.47. The molecule has 1 aromatic carbocycles. The van der Waals surface area contributed by atoms with Gasteiger partial charge in [0.25, 0.3) is 5.69 Å². The van der Waals surface area contributed by atoms with E-state index in [9.17, 15) is 14.9 Å². The number of rotatable bonds is 3. The van der Waals surface area contributed by atoms with Crippen LogP contribution in [0.5, 0.6) is 0 Å². The van der Waals surface area contributed by atoms with Crippen LogP contribution in [0, 0.1) is 16.5 Å². The zero-order valence-electron chi connectivity index (χ0n) is 7.47. The highest BCUT2D eigenvalue weighted by atomic mass is 16.6. The van der Waals surface area contributed by atoms with E-state index in [0.29, 0.717) is 5.56 Å². The molecule has 0 heterocycles. The molecule has 0 spiro atoms.